The summed E-state index contributed by atoms with van der Waals surface area (Å²) in [7, 11) is 0. The summed E-state index contributed by atoms with van der Waals surface area (Å²) in [6, 6.07) is 22.6. The van der Waals surface area contributed by atoms with Crippen molar-refractivity contribution in [1.82, 2.24) is 15.0 Å². The van der Waals surface area contributed by atoms with Crippen molar-refractivity contribution in [3.05, 3.63) is 90.0 Å². The summed E-state index contributed by atoms with van der Waals surface area (Å²) in [5.41, 5.74) is 2.49. The number of hydrogen-bond acceptors (Lipinski definition) is 5. The second kappa shape index (κ2) is 6.60. The van der Waals surface area contributed by atoms with Gasteiger partial charge in [-0.1, -0.05) is 47.7 Å². The van der Waals surface area contributed by atoms with Gasteiger partial charge in [-0.05, 0) is 36.4 Å². The predicted octanol–water partition coefficient (Wildman–Crippen LogP) is 3.42. The molecule has 0 amide bonds. The van der Waals surface area contributed by atoms with Crippen molar-refractivity contribution >= 4 is 23.0 Å². The number of aromatic nitrogens is 3. The minimum atomic E-state index is -0.742. The number of carbonyl (C=O) groups is 2. The molecule has 6 nitrogen and oxygen atoms in total. The molecule has 4 rings (SSSR count). The Morgan fingerprint density at radius 2 is 1.46 bits per heavy atom. The molecule has 126 valence electrons. The van der Waals surface area contributed by atoms with E-state index < -0.39 is 11.9 Å². The molecule has 0 fully saturated rings. The van der Waals surface area contributed by atoms with E-state index in [0.717, 1.165) is 5.52 Å². The fourth-order valence-corrected chi connectivity index (χ4v) is 2.65. The van der Waals surface area contributed by atoms with Crippen molar-refractivity contribution in [2.24, 2.45) is 0 Å². The molecule has 0 saturated carbocycles. The molecule has 0 aliphatic heterocycles. The number of ether oxygens (including phenoxy) is 1. The van der Waals surface area contributed by atoms with Crippen LogP contribution in [0.15, 0.2) is 78.9 Å². The maximum Gasteiger partial charge on any atom is 0.348 e. The number of carbonyl (C=O) groups excluding carboxylic acids is 2. The molecule has 0 atom stereocenters. The van der Waals surface area contributed by atoms with Crippen molar-refractivity contribution in [2.45, 2.75) is 0 Å². The Morgan fingerprint density at radius 3 is 2.31 bits per heavy atom. The first-order chi connectivity index (χ1) is 12.7. The monoisotopic (exact) mass is 343 g/mol. The average molecular weight is 343 g/mol. The molecule has 0 aliphatic rings. The third kappa shape index (κ3) is 2.84. The predicted molar refractivity (Wildman–Crippen MR) is 95.1 cm³/mol. The maximum absolute atomic E-state index is 12.6. The van der Waals surface area contributed by atoms with Gasteiger partial charge in [0, 0.05) is 0 Å². The van der Waals surface area contributed by atoms with E-state index in [0.29, 0.717) is 16.8 Å². The van der Waals surface area contributed by atoms with E-state index in [4.69, 9.17) is 4.74 Å². The highest BCUT2D eigenvalue weighted by atomic mass is 16.6. The molecule has 4 aromatic rings. The van der Waals surface area contributed by atoms with Crippen LogP contribution < -0.4 is 0 Å². The van der Waals surface area contributed by atoms with E-state index in [2.05, 4.69) is 10.3 Å². The van der Waals surface area contributed by atoms with E-state index in [1.54, 1.807) is 59.3 Å². The minimum absolute atomic E-state index is 0.229. The zero-order valence-electron chi connectivity index (χ0n) is 13.6. The Kier molecular flexibility index (Phi) is 3.99. The number of esters is 2. The molecule has 1 aromatic heterocycles. The van der Waals surface area contributed by atoms with Gasteiger partial charge in [-0.2, -0.15) is 0 Å². The van der Waals surface area contributed by atoms with Crippen LogP contribution in [0.25, 0.3) is 16.7 Å². The lowest BCUT2D eigenvalue weighted by molar-refractivity contribution is 0.0398. The Balaban J connectivity index is 1.70. The fraction of sp³-hybridized carbons (Fsp3) is 0. The number of rotatable bonds is 3. The second-order valence-corrected chi connectivity index (χ2v) is 5.55. The Morgan fingerprint density at radius 1 is 0.769 bits per heavy atom. The smallest absolute Gasteiger partial charge is 0.348 e. The molecule has 0 saturated heterocycles. The normalized spacial score (nSPS) is 10.6. The summed E-state index contributed by atoms with van der Waals surface area (Å²) in [6.07, 6.45) is 0. The third-order valence-electron chi connectivity index (χ3n) is 3.90. The molecule has 1 heterocycles. The summed E-state index contributed by atoms with van der Waals surface area (Å²) in [5.74, 6) is -1.44. The second-order valence-electron chi connectivity index (χ2n) is 5.55. The molecule has 0 aliphatic carbocycles. The van der Waals surface area contributed by atoms with Crippen LogP contribution in [0.2, 0.25) is 0 Å². The Hall–Kier alpha value is -3.80. The van der Waals surface area contributed by atoms with Crippen molar-refractivity contribution < 1.29 is 14.3 Å². The van der Waals surface area contributed by atoms with Crippen LogP contribution in [0.1, 0.15) is 20.7 Å². The zero-order valence-corrected chi connectivity index (χ0v) is 13.6. The maximum atomic E-state index is 12.6. The molecule has 26 heavy (non-hydrogen) atoms. The fourth-order valence-electron chi connectivity index (χ4n) is 2.65. The molecule has 0 unspecified atom stereocenters. The quantitative estimate of drug-likeness (QED) is 0.421. The van der Waals surface area contributed by atoms with Crippen LogP contribution in [0.4, 0.5) is 0 Å². The molecule has 0 bridgehead atoms. The van der Waals surface area contributed by atoms with E-state index >= 15 is 0 Å². The van der Waals surface area contributed by atoms with Crippen LogP contribution in [0, 0.1) is 0 Å². The van der Waals surface area contributed by atoms with Crippen LogP contribution in [0.5, 0.6) is 0 Å². The van der Waals surface area contributed by atoms with E-state index in [-0.39, 0.29) is 5.56 Å². The molecular weight excluding hydrogens is 330 g/mol. The van der Waals surface area contributed by atoms with Crippen molar-refractivity contribution in [2.75, 3.05) is 0 Å². The van der Waals surface area contributed by atoms with Crippen molar-refractivity contribution in [1.29, 1.82) is 0 Å². The van der Waals surface area contributed by atoms with Crippen molar-refractivity contribution in [3.63, 3.8) is 0 Å². The molecule has 0 radical (unpaired) electrons. The van der Waals surface area contributed by atoms with E-state index in [1.165, 1.54) is 0 Å². The minimum Gasteiger partial charge on any atom is -0.386 e. The lowest BCUT2D eigenvalue weighted by Crippen LogP contribution is -2.15. The van der Waals surface area contributed by atoms with Gasteiger partial charge in [-0.15, -0.1) is 5.10 Å². The van der Waals surface area contributed by atoms with Gasteiger partial charge in [0.15, 0.2) is 0 Å². The first-order valence-corrected chi connectivity index (χ1v) is 7.95. The zero-order chi connectivity index (χ0) is 17.9. The van der Waals surface area contributed by atoms with Gasteiger partial charge < -0.3 is 4.74 Å². The molecule has 6 heteroatoms. The van der Waals surface area contributed by atoms with Crippen LogP contribution >= 0.6 is 0 Å². The molecular formula is C20H13N3O3. The summed E-state index contributed by atoms with van der Waals surface area (Å²) in [5, 5.41) is 8.22. The Bertz CT molecular complexity index is 1100. The Labute approximate surface area is 148 Å². The molecule has 3 aromatic carbocycles. The number of nitrogens with zero attached hydrogens (tertiary/aromatic N) is 3. The highest BCUT2D eigenvalue weighted by Crippen LogP contribution is 2.20. The van der Waals surface area contributed by atoms with Gasteiger partial charge in [-0.25, -0.2) is 14.3 Å². The summed E-state index contributed by atoms with van der Waals surface area (Å²) < 4.78 is 6.59. The van der Waals surface area contributed by atoms with Gasteiger partial charge in [0.25, 0.3) is 0 Å². The van der Waals surface area contributed by atoms with Gasteiger partial charge in [-0.3, -0.25) is 0 Å². The van der Waals surface area contributed by atoms with Crippen molar-refractivity contribution in [3.8, 4) is 5.69 Å². The number of para-hydroxylation sites is 2. The summed E-state index contributed by atoms with van der Waals surface area (Å²) >= 11 is 0. The van der Waals surface area contributed by atoms with Crippen LogP contribution in [0.3, 0.4) is 0 Å². The van der Waals surface area contributed by atoms with E-state index in [1.807, 2.05) is 24.3 Å². The van der Waals surface area contributed by atoms with Crippen LogP contribution in [-0.2, 0) is 4.74 Å². The lowest BCUT2D eigenvalue weighted by atomic mass is 10.1. The lowest BCUT2D eigenvalue weighted by Gasteiger charge is -2.09. The van der Waals surface area contributed by atoms with Crippen LogP contribution in [-0.4, -0.2) is 26.9 Å². The van der Waals surface area contributed by atoms with Gasteiger partial charge in [0.05, 0.1) is 22.3 Å². The average Bonchev–Trinajstić information content (AvgIpc) is 3.12. The highest BCUT2D eigenvalue weighted by molar-refractivity contribution is 6.04. The number of benzene rings is 3. The SMILES string of the molecule is O=C(OC(=O)c1ccccc1-n1nnc2ccccc21)c1ccccc1. The van der Waals surface area contributed by atoms with Gasteiger partial charge >= 0.3 is 11.9 Å². The largest absolute Gasteiger partial charge is 0.386 e. The van der Waals surface area contributed by atoms with Gasteiger partial charge in [0.2, 0.25) is 0 Å². The van der Waals surface area contributed by atoms with Gasteiger partial charge in [0.1, 0.15) is 5.52 Å². The number of fused-ring (bicyclic) bond motifs is 1. The first-order valence-electron chi connectivity index (χ1n) is 7.95. The summed E-state index contributed by atoms with van der Waals surface area (Å²) in [4.78, 5) is 24.7. The topological polar surface area (TPSA) is 74.1 Å². The first kappa shape index (κ1) is 15.7. The standard InChI is InChI=1S/C20H13N3O3/c24-19(14-8-2-1-3-9-14)26-20(25)15-10-4-6-12-17(15)23-18-13-7-5-11-16(18)21-22-23/h1-13H. The number of hydrogen-bond donors (Lipinski definition) is 0. The third-order valence-corrected chi connectivity index (χ3v) is 3.90. The highest BCUT2D eigenvalue weighted by Gasteiger charge is 2.20. The molecule has 0 spiro atoms. The molecule has 0 N–H and O–H groups in total. The summed E-state index contributed by atoms with van der Waals surface area (Å²) in [6.45, 7) is 0. The van der Waals surface area contributed by atoms with E-state index in [9.17, 15) is 9.59 Å².